The number of benzene rings is 1. The molecule has 0 aliphatic heterocycles. The van der Waals surface area contributed by atoms with E-state index < -0.39 is 8.25 Å². The molecule has 0 aliphatic rings. The first-order chi connectivity index (χ1) is 7.27. The summed E-state index contributed by atoms with van der Waals surface area (Å²) in [6.07, 6.45) is 1.69. The lowest BCUT2D eigenvalue weighted by Crippen LogP contribution is -1.89. The fourth-order valence-corrected chi connectivity index (χ4v) is 1.66. The Hall–Kier alpha value is -1.35. The Morgan fingerprint density at radius 3 is 2.93 bits per heavy atom. The topological polar surface area (TPSA) is 59.4 Å². The van der Waals surface area contributed by atoms with E-state index in [1.165, 1.54) is 0 Å². The molecule has 4 nitrogen and oxygen atoms in total. The number of nitrogens with zero attached hydrogens (tertiary/aromatic N) is 1. The van der Waals surface area contributed by atoms with Crippen LogP contribution >= 0.6 is 8.25 Å². The minimum absolute atomic E-state index is 0.0973. The summed E-state index contributed by atoms with van der Waals surface area (Å²) in [7, 11) is -2.56. The highest BCUT2D eigenvalue weighted by Crippen LogP contribution is 2.22. The zero-order chi connectivity index (χ0) is 10.7. The smallest absolute Gasteiger partial charge is 0.256 e. The van der Waals surface area contributed by atoms with E-state index in [0.29, 0.717) is 0 Å². The van der Waals surface area contributed by atoms with Gasteiger partial charge >= 0.3 is 8.25 Å². The average Bonchev–Trinajstić information content (AvgIpc) is 2.26. The van der Waals surface area contributed by atoms with Crippen molar-refractivity contribution < 1.29 is 14.0 Å². The predicted octanol–water partition coefficient (Wildman–Crippen LogP) is 2.40. The van der Waals surface area contributed by atoms with Crippen LogP contribution in [0, 0.1) is 0 Å². The molecule has 0 fully saturated rings. The van der Waals surface area contributed by atoms with Crippen LogP contribution in [0.15, 0.2) is 36.5 Å². The highest BCUT2D eigenvalue weighted by atomic mass is 31.1. The molecule has 1 aromatic heterocycles. The molecule has 1 heterocycles. The van der Waals surface area contributed by atoms with Gasteiger partial charge in [-0.15, -0.1) is 9.42 Å². The number of para-hydroxylation sites is 1. The predicted molar refractivity (Wildman–Crippen MR) is 56.4 cm³/mol. The summed E-state index contributed by atoms with van der Waals surface area (Å²) in [5.41, 5.74) is 1.61. The minimum atomic E-state index is -2.56. The van der Waals surface area contributed by atoms with Gasteiger partial charge in [-0.3, -0.25) is 4.98 Å². The molecule has 15 heavy (non-hydrogen) atoms. The van der Waals surface area contributed by atoms with Crippen molar-refractivity contribution in [3.8, 4) is 0 Å². The second-order valence-electron chi connectivity index (χ2n) is 3.00. The van der Waals surface area contributed by atoms with Gasteiger partial charge in [-0.1, -0.05) is 24.3 Å². The first kappa shape index (κ1) is 10.2. The molecule has 1 unspecified atom stereocenters. The van der Waals surface area contributed by atoms with Gasteiger partial charge in [0.05, 0.1) is 5.52 Å². The maximum absolute atomic E-state index is 10.4. The fourth-order valence-electron chi connectivity index (χ4n) is 1.41. The van der Waals surface area contributed by atoms with Gasteiger partial charge in [0.15, 0.2) is 0 Å². The second kappa shape index (κ2) is 4.45. The van der Waals surface area contributed by atoms with E-state index in [2.05, 4.69) is 9.51 Å². The number of hydrogen-bond donors (Lipinski definition) is 1. The highest BCUT2D eigenvalue weighted by molar-refractivity contribution is 7.32. The number of pyridine rings is 1. The Morgan fingerprint density at radius 1 is 1.33 bits per heavy atom. The molecule has 0 saturated heterocycles. The standard InChI is InChI=1S/C10H8NO3P/c12-15(13)14-7-9-4-1-3-8-5-2-6-11-10(8)9/h1-6H,7H2/p+1. The van der Waals surface area contributed by atoms with Crippen LogP contribution in [0.5, 0.6) is 0 Å². The fraction of sp³-hybridized carbons (Fsp3) is 0.100. The van der Waals surface area contributed by atoms with Crippen LogP contribution in [-0.4, -0.2) is 9.88 Å². The van der Waals surface area contributed by atoms with E-state index in [4.69, 9.17) is 4.89 Å². The Kier molecular flexibility index (Phi) is 3.02. The van der Waals surface area contributed by atoms with Crippen molar-refractivity contribution in [1.29, 1.82) is 0 Å². The molecule has 1 atom stereocenters. The van der Waals surface area contributed by atoms with Crippen LogP contribution in [0.2, 0.25) is 0 Å². The maximum Gasteiger partial charge on any atom is 0.695 e. The summed E-state index contributed by atoms with van der Waals surface area (Å²) < 4.78 is 15.1. The lowest BCUT2D eigenvalue weighted by atomic mass is 10.1. The van der Waals surface area contributed by atoms with E-state index in [1.54, 1.807) is 6.20 Å². The Labute approximate surface area is 87.5 Å². The van der Waals surface area contributed by atoms with Crippen molar-refractivity contribution in [2.75, 3.05) is 0 Å². The summed E-state index contributed by atoms with van der Waals surface area (Å²) in [4.78, 5) is 12.8. The Bertz CT molecular complexity index is 495. The lowest BCUT2D eigenvalue weighted by Gasteiger charge is -2.00. The Balaban J connectivity index is 2.38. The van der Waals surface area contributed by atoms with Gasteiger partial charge in [0.25, 0.3) is 0 Å². The molecule has 5 heteroatoms. The van der Waals surface area contributed by atoms with Crippen molar-refractivity contribution in [1.82, 2.24) is 4.98 Å². The normalized spacial score (nSPS) is 11.7. The van der Waals surface area contributed by atoms with E-state index in [1.807, 2.05) is 30.3 Å². The molecule has 0 amide bonds. The zero-order valence-electron chi connectivity index (χ0n) is 7.83. The first-order valence-electron chi connectivity index (χ1n) is 4.39. The highest BCUT2D eigenvalue weighted by Gasteiger charge is 2.13. The minimum Gasteiger partial charge on any atom is -0.256 e. The molecule has 2 rings (SSSR count). The summed E-state index contributed by atoms with van der Waals surface area (Å²) >= 11 is 0. The molecule has 2 aromatic rings. The summed E-state index contributed by atoms with van der Waals surface area (Å²) in [5.74, 6) is 0. The van der Waals surface area contributed by atoms with Crippen molar-refractivity contribution in [3.63, 3.8) is 0 Å². The SMILES string of the molecule is O=[P+](O)OCc1cccc2cccnc12. The Morgan fingerprint density at radius 2 is 2.13 bits per heavy atom. The number of rotatable bonds is 3. The van der Waals surface area contributed by atoms with E-state index in [9.17, 15) is 4.57 Å². The van der Waals surface area contributed by atoms with Crippen molar-refractivity contribution >= 4 is 19.2 Å². The number of fused-ring (bicyclic) bond motifs is 1. The molecule has 1 aromatic carbocycles. The molecule has 0 aliphatic carbocycles. The molecule has 1 N–H and O–H groups in total. The molecular formula is C10H9NO3P+. The third-order valence-electron chi connectivity index (χ3n) is 2.05. The average molecular weight is 222 g/mol. The molecule has 0 bridgehead atoms. The lowest BCUT2D eigenvalue weighted by molar-refractivity contribution is 0.273. The maximum atomic E-state index is 10.4. The second-order valence-corrected chi connectivity index (χ2v) is 3.74. The van der Waals surface area contributed by atoms with Crippen LogP contribution in [0.25, 0.3) is 10.9 Å². The van der Waals surface area contributed by atoms with Crippen LogP contribution < -0.4 is 0 Å². The number of aromatic nitrogens is 1. The monoisotopic (exact) mass is 222 g/mol. The van der Waals surface area contributed by atoms with Crippen molar-refractivity contribution in [2.24, 2.45) is 0 Å². The van der Waals surface area contributed by atoms with Gasteiger partial charge < -0.3 is 0 Å². The quantitative estimate of drug-likeness (QED) is 0.810. The van der Waals surface area contributed by atoms with Gasteiger partial charge in [0.2, 0.25) is 0 Å². The van der Waals surface area contributed by atoms with E-state index in [-0.39, 0.29) is 6.61 Å². The van der Waals surface area contributed by atoms with E-state index in [0.717, 1.165) is 16.5 Å². The van der Waals surface area contributed by atoms with Crippen molar-refractivity contribution in [3.05, 3.63) is 42.1 Å². The van der Waals surface area contributed by atoms with Gasteiger partial charge in [0.1, 0.15) is 6.61 Å². The summed E-state index contributed by atoms with van der Waals surface area (Å²) in [5, 5.41) is 0.992. The van der Waals surface area contributed by atoms with E-state index >= 15 is 0 Å². The van der Waals surface area contributed by atoms with Gasteiger partial charge in [-0.25, -0.2) is 0 Å². The van der Waals surface area contributed by atoms with Gasteiger partial charge in [-0.05, 0) is 6.07 Å². The van der Waals surface area contributed by atoms with Crippen LogP contribution in [-0.2, 0) is 15.7 Å². The third-order valence-corrected chi connectivity index (χ3v) is 2.40. The molecule has 0 radical (unpaired) electrons. The summed E-state index contributed by atoms with van der Waals surface area (Å²) in [6, 6.07) is 9.41. The van der Waals surface area contributed by atoms with Crippen LogP contribution in [0.3, 0.4) is 0 Å². The molecule has 76 valence electrons. The van der Waals surface area contributed by atoms with Gasteiger partial charge in [-0.2, -0.15) is 0 Å². The molecular weight excluding hydrogens is 213 g/mol. The first-order valence-corrected chi connectivity index (χ1v) is 5.52. The number of hydrogen-bond acceptors (Lipinski definition) is 3. The van der Waals surface area contributed by atoms with Crippen LogP contribution in [0.4, 0.5) is 0 Å². The van der Waals surface area contributed by atoms with Crippen molar-refractivity contribution in [2.45, 2.75) is 6.61 Å². The molecule has 0 saturated carbocycles. The van der Waals surface area contributed by atoms with Gasteiger partial charge in [0, 0.05) is 21.7 Å². The third kappa shape index (κ3) is 2.36. The largest absolute Gasteiger partial charge is 0.695 e. The van der Waals surface area contributed by atoms with Crippen LogP contribution in [0.1, 0.15) is 5.56 Å². The molecule has 0 spiro atoms. The zero-order valence-corrected chi connectivity index (χ0v) is 8.72. The summed E-state index contributed by atoms with van der Waals surface area (Å²) in [6.45, 7) is 0.0973.